The van der Waals surface area contributed by atoms with Gasteiger partial charge in [0.25, 0.3) is 0 Å². The van der Waals surface area contributed by atoms with Crippen LogP contribution in [0.5, 0.6) is 0 Å². The Balaban J connectivity index is 2.40. The van der Waals surface area contributed by atoms with Crippen LogP contribution in [0.2, 0.25) is 0 Å². The lowest BCUT2D eigenvalue weighted by molar-refractivity contribution is 0.0465. The molecule has 126 valence electrons. The van der Waals surface area contributed by atoms with E-state index in [1.165, 1.54) is 0 Å². The molecule has 0 aromatic heterocycles. The lowest BCUT2D eigenvalue weighted by Crippen LogP contribution is -2.57. The summed E-state index contributed by atoms with van der Waals surface area (Å²) in [4.78, 5) is 0. The van der Waals surface area contributed by atoms with Crippen molar-refractivity contribution < 1.29 is 18.0 Å². The van der Waals surface area contributed by atoms with Gasteiger partial charge in [0.1, 0.15) is 0 Å². The van der Waals surface area contributed by atoms with E-state index in [0.29, 0.717) is 33.0 Å². The summed E-state index contributed by atoms with van der Waals surface area (Å²) in [6.45, 7) is 8.68. The standard InChI is InChI=1S/C18H26O4Si/c1-4-19-14-15-22-23(20-5-2,21-6-3)18-13-9-11-16-10-7-8-12-17(16)18/h7-13H,4-6,14-15H2,1-3H3. The quantitative estimate of drug-likeness (QED) is 0.494. The summed E-state index contributed by atoms with van der Waals surface area (Å²) in [5, 5.41) is 3.31. The summed E-state index contributed by atoms with van der Waals surface area (Å²) in [7, 11) is -2.97. The monoisotopic (exact) mass is 334 g/mol. The van der Waals surface area contributed by atoms with Crippen LogP contribution in [0.4, 0.5) is 0 Å². The van der Waals surface area contributed by atoms with Gasteiger partial charge in [-0.3, -0.25) is 0 Å². The Morgan fingerprint density at radius 1 is 0.739 bits per heavy atom. The molecule has 0 saturated heterocycles. The fraction of sp³-hybridized carbons (Fsp3) is 0.444. The number of hydrogen-bond donors (Lipinski definition) is 0. The Morgan fingerprint density at radius 3 is 2.13 bits per heavy atom. The predicted octanol–water partition coefficient (Wildman–Crippen LogP) is 3.11. The maximum absolute atomic E-state index is 6.18. The van der Waals surface area contributed by atoms with Crippen LogP contribution in [0.15, 0.2) is 42.5 Å². The molecular weight excluding hydrogens is 308 g/mol. The van der Waals surface area contributed by atoms with Crippen molar-refractivity contribution in [1.82, 2.24) is 0 Å². The highest BCUT2D eigenvalue weighted by Gasteiger charge is 2.44. The van der Waals surface area contributed by atoms with Crippen molar-refractivity contribution in [1.29, 1.82) is 0 Å². The third-order valence-electron chi connectivity index (χ3n) is 3.51. The SMILES string of the molecule is CCOCCO[Si](OCC)(OCC)c1cccc2ccccc12. The number of hydrogen-bond acceptors (Lipinski definition) is 4. The van der Waals surface area contributed by atoms with E-state index in [0.717, 1.165) is 16.0 Å². The highest BCUT2D eigenvalue weighted by Crippen LogP contribution is 2.18. The van der Waals surface area contributed by atoms with Crippen LogP contribution in [0.1, 0.15) is 20.8 Å². The second-order valence-electron chi connectivity index (χ2n) is 4.99. The van der Waals surface area contributed by atoms with Crippen LogP contribution < -0.4 is 5.19 Å². The molecule has 0 unspecified atom stereocenters. The first kappa shape index (κ1) is 18.1. The van der Waals surface area contributed by atoms with Crippen LogP contribution in [-0.4, -0.2) is 41.8 Å². The van der Waals surface area contributed by atoms with Gasteiger partial charge in [-0.25, -0.2) is 0 Å². The van der Waals surface area contributed by atoms with Gasteiger partial charge in [-0.2, -0.15) is 0 Å². The Kier molecular flexibility index (Phi) is 7.20. The van der Waals surface area contributed by atoms with Gasteiger partial charge >= 0.3 is 8.80 Å². The van der Waals surface area contributed by atoms with Gasteiger partial charge in [-0.15, -0.1) is 0 Å². The minimum Gasteiger partial charge on any atom is -0.379 e. The van der Waals surface area contributed by atoms with E-state index < -0.39 is 8.80 Å². The van der Waals surface area contributed by atoms with E-state index in [-0.39, 0.29) is 0 Å². The van der Waals surface area contributed by atoms with Gasteiger partial charge in [0, 0.05) is 25.0 Å². The molecule has 5 heteroatoms. The molecule has 0 aliphatic carbocycles. The minimum atomic E-state index is -2.97. The summed E-state index contributed by atoms with van der Waals surface area (Å²) in [5.41, 5.74) is 0. The molecule has 2 aromatic rings. The maximum Gasteiger partial charge on any atom is 0.537 e. The Morgan fingerprint density at radius 2 is 1.43 bits per heavy atom. The molecule has 0 fully saturated rings. The zero-order valence-corrected chi connectivity index (χ0v) is 15.2. The smallest absolute Gasteiger partial charge is 0.379 e. The van der Waals surface area contributed by atoms with Crippen molar-refractivity contribution in [2.75, 3.05) is 33.0 Å². The molecular formula is C18H26O4Si. The molecule has 0 atom stereocenters. The summed E-state index contributed by atoms with van der Waals surface area (Å²) in [6, 6.07) is 14.4. The lowest BCUT2D eigenvalue weighted by atomic mass is 10.1. The Bertz CT molecular complexity index is 591. The van der Waals surface area contributed by atoms with Crippen LogP contribution in [0.25, 0.3) is 10.8 Å². The van der Waals surface area contributed by atoms with Crippen molar-refractivity contribution in [3.8, 4) is 0 Å². The molecule has 0 aliphatic rings. The molecule has 0 saturated carbocycles. The first-order valence-corrected chi connectivity index (χ1v) is 9.97. The Hall–Kier alpha value is -1.24. The van der Waals surface area contributed by atoms with Gasteiger partial charge in [0.05, 0.1) is 13.2 Å². The zero-order valence-electron chi connectivity index (χ0n) is 14.2. The fourth-order valence-electron chi connectivity index (χ4n) is 2.61. The van der Waals surface area contributed by atoms with E-state index in [4.69, 9.17) is 18.0 Å². The number of rotatable bonds is 10. The fourth-order valence-corrected chi connectivity index (χ4v) is 5.30. The highest BCUT2D eigenvalue weighted by molar-refractivity contribution is 6.77. The summed E-state index contributed by atoms with van der Waals surface area (Å²) in [5.74, 6) is 0. The molecule has 0 amide bonds. The van der Waals surface area contributed by atoms with Crippen LogP contribution >= 0.6 is 0 Å². The third kappa shape index (κ3) is 4.40. The normalized spacial score (nSPS) is 12.0. The van der Waals surface area contributed by atoms with Gasteiger partial charge in [-0.1, -0.05) is 42.5 Å². The van der Waals surface area contributed by atoms with Crippen LogP contribution in [0.3, 0.4) is 0 Å². The second kappa shape index (κ2) is 9.15. The third-order valence-corrected chi connectivity index (χ3v) is 6.53. The van der Waals surface area contributed by atoms with Crippen molar-refractivity contribution in [2.24, 2.45) is 0 Å². The second-order valence-corrected chi connectivity index (χ2v) is 7.51. The number of fused-ring (bicyclic) bond motifs is 1. The van der Waals surface area contributed by atoms with Gasteiger partial charge < -0.3 is 18.0 Å². The van der Waals surface area contributed by atoms with Crippen molar-refractivity contribution in [3.05, 3.63) is 42.5 Å². The van der Waals surface area contributed by atoms with E-state index in [1.54, 1.807) is 0 Å². The highest BCUT2D eigenvalue weighted by atomic mass is 28.4. The van der Waals surface area contributed by atoms with E-state index >= 15 is 0 Å². The molecule has 0 spiro atoms. The zero-order chi connectivity index (χ0) is 16.5. The van der Waals surface area contributed by atoms with Crippen LogP contribution in [0, 0.1) is 0 Å². The number of ether oxygens (including phenoxy) is 1. The molecule has 2 rings (SSSR count). The molecule has 0 radical (unpaired) electrons. The van der Waals surface area contributed by atoms with E-state index in [1.807, 2.05) is 39.0 Å². The predicted molar refractivity (Wildman–Crippen MR) is 95.0 cm³/mol. The maximum atomic E-state index is 6.18. The Labute approximate surface area is 139 Å². The van der Waals surface area contributed by atoms with Crippen molar-refractivity contribution in [2.45, 2.75) is 20.8 Å². The van der Waals surface area contributed by atoms with Crippen molar-refractivity contribution in [3.63, 3.8) is 0 Å². The molecule has 23 heavy (non-hydrogen) atoms. The topological polar surface area (TPSA) is 36.9 Å². The molecule has 0 N–H and O–H groups in total. The van der Waals surface area contributed by atoms with Gasteiger partial charge in [0.15, 0.2) is 0 Å². The molecule has 0 heterocycles. The van der Waals surface area contributed by atoms with Crippen molar-refractivity contribution >= 4 is 24.8 Å². The summed E-state index contributed by atoms with van der Waals surface area (Å²) >= 11 is 0. The van der Waals surface area contributed by atoms with Gasteiger partial charge in [0.2, 0.25) is 0 Å². The lowest BCUT2D eigenvalue weighted by Gasteiger charge is -2.30. The largest absolute Gasteiger partial charge is 0.537 e. The molecule has 2 aromatic carbocycles. The summed E-state index contributed by atoms with van der Waals surface area (Å²) < 4.78 is 23.7. The first-order chi connectivity index (χ1) is 11.3. The van der Waals surface area contributed by atoms with Crippen LogP contribution in [-0.2, 0) is 18.0 Å². The molecule has 0 aliphatic heterocycles. The summed E-state index contributed by atoms with van der Waals surface area (Å²) in [6.07, 6.45) is 0. The molecule has 0 bridgehead atoms. The van der Waals surface area contributed by atoms with Gasteiger partial charge in [-0.05, 0) is 31.5 Å². The number of benzene rings is 2. The van der Waals surface area contributed by atoms with E-state index in [9.17, 15) is 0 Å². The van der Waals surface area contributed by atoms with E-state index in [2.05, 4.69) is 24.3 Å². The average Bonchev–Trinajstić information content (AvgIpc) is 2.58. The molecule has 4 nitrogen and oxygen atoms in total. The average molecular weight is 334 g/mol. The minimum absolute atomic E-state index is 0.462. The first-order valence-electron chi connectivity index (χ1n) is 8.25.